The van der Waals surface area contributed by atoms with Gasteiger partial charge in [-0.2, -0.15) is 0 Å². The van der Waals surface area contributed by atoms with Gasteiger partial charge in [-0.3, -0.25) is 9.52 Å². The molecule has 0 radical (unpaired) electrons. The molecular formula is C26H27FN2O5S. The van der Waals surface area contributed by atoms with Crippen LogP contribution in [0.4, 0.5) is 10.1 Å². The second kappa shape index (κ2) is 10.5. The van der Waals surface area contributed by atoms with Gasteiger partial charge in [0.05, 0.1) is 12.0 Å². The molecule has 184 valence electrons. The zero-order valence-electron chi connectivity index (χ0n) is 19.3. The van der Waals surface area contributed by atoms with E-state index in [2.05, 4.69) is 10.0 Å². The van der Waals surface area contributed by atoms with Gasteiger partial charge in [0.15, 0.2) is 0 Å². The number of ether oxygens (including phenoxy) is 2. The van der Waals surface area contributed by atoms with Gasteiger partial charge in [-0.25, -0.2) is 12.8 Å². The summed E-state index contributed by atoms with van der Waals surface area (Å²) in [6.07, 6.45) is 1.27. The first-order valence-corrected chi connectivity index (χ1v) is 12.7. The number of anilines is 1. The smallest absolute Gasteiger partial charge is 0.261 e. The van der Waals surface area contributed by atoms with Crippen LogP contribution in [0.3, 0.4) is 0 Å². The Balaban J connectivity index is 1.50. The van der Waals surface area contributed by atoms with Crippen molar-refractivity contribution in [1.82, 2.24) is 5.32 Å². The third kappa shape index (κ3) is 5.80. The van der Waals surface area contributed by atoms with Gasteiger partial charge >= 0.3 is 0 Å². The van der Waals surface area contributed by atoms with Crippen molar-refractivity contribution < 1.29 is 27.1 Å². The molecule has 0 unspecified atom stereocenters. The van der Waals surface area contributed by atoms with Crippen molar-refractivity contribution >= 4 is 21.6 Å². The van der Waals surface area contributed by atoms with Crippen molar-refractivity contribution in [2.75, 3.05) is 31.6 Å². The lowest BCUT2D eigenvalue weighted by Gasteiger charge is -2.38. The molecule has 3 aromatic rings. The van der Waals surface area contributed by atoms with E-state index in [0.717, 1.165) is 5.56 Å². The number of amides is 1. The molecule has 1 saturated heterocycles. The highest BCUT2D eigenvalue weighted by atomic mass is 32.2. The van der Waals surface area contributed by atoms with Gasteiger partial charge in [0.1, 0.15) is 11.6 Å². The highest BCUT2D eigenvalue weighted by Gasteiger charge is 2.35. The summed E-state index contributed by atoms with van der Waals surface area (Å²) in [5, 5.41) is 2.92. The minimum Gasteiger partial charge on any atom is -0.497 e. The molecule has 1 fully saturated rings. The second-order valence-corrected chi connectivity index (χ2v) is 10.1. The zero-order chi connectivity index (χ0) is 24.9. The van der Waals surface area contributed by atoms with Crippen molar-refractivity contribution in [3.63, 3.8) is 0 Å². The summed E-state index contributed by atoms with van der Waals surface area (Å²) in [6.45, 7) is 1.30. The average Bonchev–Trinajstić information content (AvgIpc) is 2.88. The Kier molecular flexibility index (Phi) is 7.37. The Morgan fingerprint density at radius 3 is 2.43 bits per heavy atom. The number of methoxy groups -OCH3 is 1. The highest BCUT2D eigenvalue weighted by molar-refractivity contribution is 7.92. The van der Waals surface area contributed by atoms with Crippen LogP contribution in [-0.2, 0) is 20.2 Å². The maximum atomic E-state index is 13.9. The maximum Gasteiger partial charge on any atom is 0.261 e. The lowest BCUT2D eigenvalue weighted by Crippen LogP contribution is -2.44. The van der Waals surface area contributed by atoms with Crippen molar-refractivity contribution in [3.05, 3.63) is 89.7 Å². The Morgan fingerprint density at radius 2 is 1.74 bits per heavy atom. The van der Waals surface area contributed by atoms with Crippen LogP contribution in [-0.4, -0.2) is 41.2 Å². The van der Waals surface area contributed by atoms with E-state index in [0.29, 0.717) is 37.5 Å². The molecule has 0 bridgehead atoms. The average molecular weight is 499 g/mol. The van der Waals surface area contributed by atoms with Gasteiger partial charge in [-0.05, 0) is 73.0 Å². The van der Waals surface area contributed by atoms with Gasteiger partial charge in [0.25, 0.3) is 15.9 Å². The van der Waals surface area contributed by atoms with Crippen LogP contribution in [0, 0.1) is 5.82 Å². The highest BCUT2D eigenvalue weighted by Crippen LogP contribution is 2.34. The predicted molar refractivity (Wildman–Crippen MR) is 131 cm³/mol. The van der Waals surface area contributed by atoms with Crippen LogP contribution < -0.4 is 14.8 Å². The fourth-order valence-electron chi connectivity index (χ4n) is 4.18. The minimum absolute atomic E-state index is 0.0353. The fourth-order valence-corrected chi connectivity index (χ4v) is 5.28. The molecule has 0 aromatic heterocycles. The SMILES string of the molecule is COc1ccc(NS(=O)(=O)c2cccc(C(=O)NCC3(c4cccc(F)c4)CCOCC3)c2)cc1. The van der Waals surface area contributed by atoms with E-state index in [4.69, 9.17) is 9.47 Å². The number of rotatable bonds is 8. The molecular weight excluding hydrogens is 471 g/mol. The number of nitrogens with one attached hydrogen (secondary N) is 2. The molecule has 1 aliphatic rings. The lowest BCUT2D eigenvalue weighted by molar-refractivity contribution is 0.0486. The first kappa shape index (κ1) is 24.7. The minimum atomic E-state index is -3.91. The zero-order valence-corrected chi connectivity index (χ0v) is 20.1. The molecule has 7 nitrogen and oxygen atoms in total. The Labute approximate surface area is 204 Å². The Hall–Kier alpha value is -3.43. The number of hydrogen-bond donors (Lipinski definition) is 2. The number of carbonyl (C=O) groups is 1. The molecule has 9 heteroatoms. The van der Waals surface area contributed by atoms with Crippen LogP contribution in [0.15, 0.2) is 77.7 Å². The summed E-state index contributed by atoms with van der Waals surface area (Å²) >= 11 is 0. The number of hydrogen-bond acceptors (Lipinski definition) is 5. The standard InChI is InChI=1S/C26H27FN2O5S/c1-33-23-10-8-22(9-11-23)29-35(31,32)24-7-2-4-19(16-24)25(30)28-18-26(12-14-34-15-13-26)20-5-3-6-21(27)17-20/h2-11,16-17,29H,12-15,18H2,1H3,(H,28,30). The third-order valence-electron chi connectivity index (χ3n) is 6.22. The fraction of sp³-hybridized carbons (Fsp3) is 0.269. The van der Waals surface area contributed by atoms with Gasteiger partial charge in [0.2, 0.25) is 0 Å². The van der Waals surface area contributed by atoms with Crippen LogP contribution >= 0.6 is 0 Å². The topological polar surface area (TPSA) is 93.7 Å². The summed E-state index contributed by atoms with van der Waals surface area (Å²) in [5.74, 6) is -0.136. The first-order valence-electron chi connectivity index (χ1n) is 11.2. The largest absolute Gasteiger partial charge is 0.497 e. The Morgan fingerprint density at radius 1 is 1.03 bits per heavy atom. The first-order chi connectivity index (χ1) is 16.8. The lowest BCUT2D eigenvalue weighted by atomic mass is 9.74. The normalized spacial score (nSPS) is 15.3. The van der Waals surface area contributed by atoms with Crippen LogP contribution in [0.2, 0.25) is 0 Å². The van der Waals surface area contributed by atoms with E-state index in [1.807, 2.05) is 6.07 Å². The van der Waals surface area contributed by atoms with Crippen molar-refractivity contribution in [1.29, 1.82) is 0 Å². The van der Waals surface area contributed by atoms with Crippen LogP contribution in [0.5, 0.6) is 5.75 Å². The molecule has 1 amide bonds. The number of sulfonamides is 1. The van der Waals surface area contributed by atoms with E-state index >= 15 is 0 Å². The number of halogens is 1. The summed E-state index contributed by atoms with van der Waals surface area (Å²) in [4.78, 5) is 13.0. The molecule has 2 N–H and O–H groups in total. The van der Waals surface area contributed by atoms with Crippen molar-refractivity contribution in [2.45, 2.75) is 23.2 Å². The van der Waals surface area contributed by atoms with E-state index in [1.54, 1.807) is 36.4 Å². The molecule has 1 heterocycles. The quantitative estimate of drug-likeness (QED) is 0.488. The van der Waals surface area contributed by atoms with E-state index < -0.39 is 21.3 Å². The summed E-state index contributed by atoms with van der Waals surface area (Å²) in [6, 6.07) is 18.7. The number of carbonyl (C=O) groups excluding carboxylic acids is 1. The van der Waals surface area contributed by atoms with Gasteiger partial charge in [-0.15, -0.1) is 0 Å². The molecule has 35 heavy (non-hydrogen) atoms. The number of benzene rings is 3. The summed E-state index contributed by atoms with van der Waals surface area (Å²) in [5.41, 5.74) is 0.928. The van der Waals surface area contributed by atoms with Crippen molar-refractivity contribution in [3.8, 4) is 5.75 Å². The van der Waals surface area contributed by atoms with Gasteiger partial charge < -0.3 is 14.8 Å². The van der Waals surface area contributed by atoms with Crippen LogP contribution in [0.25, 0.3) is 0 Å². The molecule has 1 aliphatic heterocycles. The van der Waals surface area contributed by atoms with E-state index in [1.165, 1.54) is 37.4 Å². The third-order valence-corrected chi connectivity index (χ3v) is 7.60. The predicted octanol–water partition coefficient (Wildman–Crippen LogP) is 4.11. The molecule has 3 aromatic carbocycles. The molecule has 4 rings (SSSR count). The molecule has 0 aliphatic carbocycles. The maximum absolute atomic E-state index is 13.9. The molecule has 0 spiro atoms. The second-order valence-electron chi connectivity index (χ2n) is 8.45. The van der Waals surface area contributed by atoms with Gasteiger partial charge in [0, 0.05) is 36.4 Å². The van der Waals surface area contributed by atoms with E-state index in [-0.39, 0.29) is 22.8 Å². The van der Waals surface area contributed by atoms with Crippen molar-refractivity contribution in [2.24, 2.45) is 0 Å². The molecule has 0 saturated carbocycles. The Bertz CT molecular complexity index is 1290. The van der Waals surface area contributed by atoms with E-state index in [9.17, 15) is 17.6 Å². The monoisotopic (exact) mass is 498 g/mol. The summed E-state index contributed by atoms with van der Waals surface area (Å²) in [7, 11) is -2.39. The molecule has 0 atom stereocenters. The summed E-state index contributed by atoms with van der Waals surface area (Å²) < 4.78 is 52.8. The van der Waals surface area contributed by atoms with Gasteiger partial charge in [-0.1, -0.05) is 18.2 Å². The van der Waals surface area contributed by atoms with Crippen LogP contribution in [0.1, 0.15) is 28.8 Å².